The highest BCUT2D eigenvalue weighted by atomic mass is 16.5. The van der Waals surface area contributed by atoms with Gasteiger partial charge < -0.3 is 9.47 Å². The summed E-state index contributed by atoms with van der Waals surface area (Å²) in [5.74, 6) is 1.64. The van der Waals surface area contributed by atoms with Gasteiger partial charge in [-0.1, -0.05) is 30.3 Å². The lowest BCUT2D eigenvalue weighted by Gasteiger charge is -2.17. The van der Waals surface area contributed by atoms with E-state index in [4.69, 9.17) is 9.47 Å². The zero-order valence-corrected chi connectivity index (χ0v) is 11.8. The Morgan fingerprint density at radius 1 is 1.05 bits per heavy atom. The number of methoxy groups -OCH3 is 1. The largest absolute Gasteiger partial charge is 0.493 e. The minimum absolute atomic E-state index is 0.332. The summed E-state index contributed by atoms with van der Waals surface area (Å²) in [6.45, 7) is 0. The molecule has 1 aliphatic rings. The van der Waals surface area contributed by atoms with Gasteiger partial charge in [-0.25, -0.2) is 0 Å². The summed E-state index contributed by atoms with van der Waals surface area (Å²) in [4.78, 5) is 0. The van der Waals surface area contributed by atoms with Gasteiger partial charge in [-0.2, -0.15) is 0 Å². The predicted octanol–water partition coefficient (Wildman–Crippen LogP) is 4.48. The molecular formula is C18H19O2. The van der Waals surface area contributed by atoms with Crippen molar-refractivity contribution in [2.45, 2.75) is 31.8 Å². The van der Waals surface area contributed by atoms with Gasteiger partial charge in [0, 0.05) is 0 Å². The van der Waals surface area contributed by atoms with E-state index in [0.29, 0.717) is 6.10 Å². The molecule has 0 unspecified atom stereocenters. The van der Waals surface area contributed by atoms with Crippen LogP contribution in [0.4, 0.5) is 0 Å². The Labute approximate surface area is 120 Å². The Morgan fingerprint density at radius 2 is 1.90 bits per heavy atom. The lowest BCUT2D eigenvalue weighted by molar-refractivity contribution is 0.201. The van der Waals surface area contributed by atoms with E-state index in [0.717, 1.165) is 35.5 Å². The van der Waals surface area contributed by atoms with E-state index in [2.05, 4.69) is 18.2 Å². The zero-order valence-electron chi connectivity index (χ0n) is 11.8. The van der Waals surface area contributed by atoms with Crippen LogP contribution in [-0.4, -0.2) is 13.2 Å². The summed E-state index contributed by atoms with van der Waals surface area (Å²) in [5, 5.41) is 0. The first-order chi connectivity index (χ1) is 9.86. The molecule has 20 heavy (non-hydrogen) atoms. The highest BCUT2D eigenvalue weighted by molar-refractivity contribution is 5.66. The SMILES string of the molecule is COc1ccc(-c2[c]cccc2)cc1OC1CCCC1. The normalized spacial score (nSPS) is 15.2. The molecular weight excluding hydrogens is 248 g/mol. The fraction of sp³-hybridized carbons (Fsp3) is 0.333. The number of ether oxygens (including phenoxy) is 2. The molecule has 2 nitrogen and oxygen atoms in total. The number of hydrogen-bond donors (Lipinski definition) is 0. The van der Waals surface area contributed by atoms with Crippen LogP contribution in [0.3, 0.4) is 0 Å². The molecule has 0 aliphatic heterocycles. The van der Waals surface area contributed by atoms with Crippen molar-refractivity contribution in [3.63, 3.8) is 0 Å². The van der Waals surface area contributed by atoms with E-state index >= 15 is 0 Å². The van der Waals surface area contributed by atoms with Crippen LogP contribution >= 0.6 is 0 Å². The van der Waals surface area contributed by atoms with Gasteiger partial charge in [-0.15, -0.1) is 0 Å². The molecule has 2 heteroatoms. The first kappa shape index (κ1) is 13.0. The second-order valence-corrected chi connectivity index (χ2v) is 5.17. The third-order valence-electron chi connectivity index (χ3n) is 3.78. The van der Waals surface area contributed by atoms with Crippen LogP contribution in [0.5, 0.6) is 11.5 Å². The smallest absolute Gasteiger partial charge is 0.162 e. The van der Waals surface area contributed by atoms with Crippen molar-refractivity contribution >= 4 is 0 Å². The van der Waals surface area contributed by atoms with E-state index in [1.165, 1.54) is 12.8 Å². The fourth-order valence-electron chi connectivity index (χ4n) is 2.70. The first-order valence-corrected chi connectivity index (χ1v) is 7.18. The van der Waals surface area contributed by atoms with Gasteiger partial charge in [-0.05, 0) is 55.0 Å². The van der Waals surface area contributed by atoms with Gasteiger partial charge >= 0.3 is 0 Å². The maximum atomic E-state index is 6.12. The van der Waals surface area contributed by atoms with Crippen molar-refractivity contribution in [2.24, 2.45) is 0 Å². The first-order valence-electron chi connectivity index (χ1n) is 7.18. The number of benzene rings is 2. The molecule has 0 aromatic heterocycles. The Bertz CT molecular complexity index is 557. The van der Waals surface area contributed by atoms with Crippen LogP contribution in [0.25, 0.3) is 11.1 Å². The molecule has 0 spiro atoms. The van der Waals surface area contributed by atoms with Gasteiger partial charge in [0.2, 0.25) is 0 Å². The molecule has 0 saturated heterocycles. The fourth-order valence-corrected chi connectivity index (χ4v) is 2.70. The molecule has 3 rings (SSSR count). The Balaban J connectivity index is 1.90. The molecule has 0 heterocycles. The molecule has 1 saturated carbocycles. The molecule has 0 amide bonds. The van der Waals surface area contributed by atoms with Crippen LogP contribution in [0.1, 0.15) is 25.7 Å². The Kier molecular flexibility index (Phi) is 3.91. The van der Waals surface area contributed by atoms with Crippen molar-refractivity contribution < 1.29 is 9.47 Å². The molecule has 2 aromatic rings. The van der Waals surface area contributed by atoms with E-state index in [1.54, 1.807) is 7.11 Å². The van der Waals surface area contributed by atoms with Gasteiger partial charge in [0.25, 0.3) is 0 Å². The van der Waals surface area contributed by atoms with Gasteiger partial charge in [-0.3, -0.25) is 0 Å². The molecule has 0 N–H and O–H groups in total. The average molecular weight is 267 g/mol. The topological polar surface area (TPSA) is 18.5 Å². The van der Waals surface area contributed by atoms with Crippen molar-refractivity contribution in [1.82, 2.24) is 0 Å². The standard InChI is InChI=1S/C18H19O2/c1-19-17-12-11-15(14-7-3-2-4-8-14)13-18(17)20-16-9-5-6-10-16/h2-4,7,11-13,16H,5-6,9-10H2,1H3. The molecule has 2 aromatic carbocycles. The average Bonchev–Trinajstić information content (AvgIpc) is 3.01. The lowest BCUT2D eigenvalue weighted by atomic mass is 10.1. The van der Waals surface area contributed by atoms with Gasteiger partial charge in [0.1, 0.15) is 0 Å². The van der Waals surface area contributed by atoms with Crippen molar-refractivity contribution in [1.29, 1.82) is 0 Å². The Hall–Kier alpha value is -1.96. The Morgan fingerprint density at radius 3 is 2.60 bits per heavy atom. The number of rotatable bonds is 4. The zero-order chi connectivity index (χ0) is 13.8. The third-order valence-corrected chi connectivity index (χ3v) is 3.78. The minimum Gasteiger partial charge on any atom is -0.493 e. The van der Waals surface area contributed by atoms with Crippen LogP contribution in [0.2, 0.25) is 0 Å². The quantitative estimate of drug-likeness (QED) is 0.813. The van der Waals surface area contributed by atoms with Gasteiger partial charge in [0.05, 0.1) is 13.2 Å². The van der Waals surface area contributed by atoms with Gasteiger partial charge in [0.15, 0.2) is 11.5 Å². The monoisotopic (exact) mass is 267 g/mol. The van der Waals surface area contributed by atoms with Crippen molar-refractivity contribution in [2.75, 3.05) is 7.11 Å². The second kappa shape index (κ2) is 6.00. The van der Waals surface area contributed by atoms with Crippen LogP contribution in [-0.2, 0) is 0 Å². The molecule has 1 aliphatic carbocycles. The second-order valence-electron chi connectivity index (χ2n) is 5.17. The van der Waals surface area contributed by atoms with E-state index in [-0.39, 0.29) is 0 Å². The third kappa shape index (κ3) is 2.79. The summed E-state index contributed by atoms with van der Waals surface area (Å²) in [6.07, 6.45) is 5.15. The highest BCUT2D eigenvalue weighted by Crippen LogP contribution is 2.35. The van der Waals surface area contributed by atoms with E-state index in [9.17, 15) is 0 Å². The molecule has 1 fully saturated rings. The summed E-state index contributed by atoms with van der Waals surface area (Å²) in [5.41, 5.74) is 2.19. The summed E-state index contributed by atoms with van der Waals surface area (Å²) < 4.78 is 11.5. The maximum absolute atomic E-state index is 6.12. The maximum Gasteiger partial charge on any atom is 0.162 e. The van der Waals surface area contributed by atoms with Crippen molar-refractivity contribution in [3.8, 4) is 22.6 Å². The van der Waals surface area contributed by atoms with Crippen LogP contribution in [0, 0.1) is 6.07 Å². The summed E-state index contributed by atoms with van der Waals surface area (Å²) in [7, 11) is 1.69. The number of hydrogen-bond acceptors (Lipinski definition) is 2. The minimum atomic E-state index is 0.332. The molecule has 103 valence electrons. The van der Waals surface area contributed by atoms with E-state index < -0.39 is 0 Å². The summed E-state index contributed by atoms with van der Waals surface area (Å²) >= 11 is 0. The van der Waals surface area contributed by atoms with E-state index in [1.807, 2.05) is 30.3 Å². The highest BCUT2D eigenvalue weighted by Gasteiger charge is 2.18. The predicted molar refractivity (Wildman–Crippen MR) is 80.2 cm³/mol. The van der Waals surface area contributed by atoms with Crippen molar-refractivity contribution in [3.05, 3.63) is 48.5 Å². The molecule has 0 atom stereocenters. The lowest BCUT2D eigenvalue weighted by Crippen LogP contribution is -2.11. The summed E-state index contributed by atoms with van der Waals surface area (Å²) in [6, 6.07) is 17.3. The van der Waals surface area contributed by atoms with Crippen LogP contribution in [0.15, 0.2) is 42.5 Å². The van der Waals surface area contributed by atoms with Crippen LogP contribution < -0.4 is 9.47 Å². The molecule has 1 radical (unpaired) electrons. The molecule has 0 bridgehead atoms.